The second-order valence-corrected chi connectivity index (χ2v) is 4.12. The normalized spacial score (nSPS) is 10.4. The zero-order chi connectivity index (χ0) is 11.5. The minimum absolute atomic E-state index is 0.332. The Morgan fingerprint density at radius 1 is 1.12 bits per heavy atom. The molecule has 0 bridgehead atoms. The number of phenolic OH excluding ortho intramolecular Hbond substituents is 1. The molecule has 0 heterocycles. The van der Waals surface area contributed by atoms with E-state index in [1.54, 1.807) is 6.07 Å². The average Bonchev–Trinajstić information content (AvgIpc) is 2.33. The number of halogens is 1. The fourth-order valence-electron chi connectivity index (χ4n) is 1.76. The molecule has 0 aliphatic carbocycles. The number of aryl methyl sites for hydroxylation is 1. The standard InChI is InChI=1S/C14H13ClO/c1-2-10-8-12(15)9-13(14(10)16)11-6-4-3-5-7-11/h3-9,16H,2H2,1H3. The van der Waals surface area contributed by atoms with E-state index in [0.717, 1.165) is 23.1 Å². The third-order valence-corrected chi connectivity index (χ3v) is 2.84. The Balaban J connectivity index is 2.61. The fraction of sp³-hybridized carbons (Fsp3) is 0.143. The van der Waals surface area contributed by atoms with Crippen molar-refractivity contribution >= 4 is 11.6 Å². The van der Waals surface area contributed by atoms with Crippen molar-refractivity contribution in [2.24, 2.45) is 0 Å². The quantitative estimate of drug-likeness (QED) is 0.820. The maximum absolute atomic E-state index is 10.1. The molecular weight excluding hydrogens is 220 g/mol. The van der Waals surface area contributed by atoms with Gasteiger partial charge in [-0.3, -0.25) is 0 Å². The smallest absolute Gasteiger partial charge is 0.126 e. The highest BCUT2D eigenvalue weighted by atomic mass is 35.5. The van der Waals surface area contributed by atoms with Crippen LogP contribution in [0.2, 0.25) is 5.02 Å². The number of hydrogen-bond acceptors (Lipinski definition) is 1. The van der Waals surface area contributed by atoms with E-state index in [4.69, 9.17) is 11.6 Å². The van der Waals surface area contributed by atoms with Crippen LogP contribution in [-0.2, 0) is 6.42 Å². The van der Waals surface area contributed by atoms with Gasteiger partial charge in [0.25, 0.3) is 0 Å². The van der Waals surface area contributed by atoms with Gasteiger partial charge in [-0.1, -0.05) is 48.9 Å². The predicted octanol–water partition coefficient (Wildman–Crippen LogP) is 4.28. The fourth-order valence-corrected chi connectivity index (χ4v) is 2.00. The van der Waals surface area contributed by atoms with Crippen LogP contribution >= 0.6 is 11.6 Å². The summed E-state index contributed by atoms with van der Waals surface area (Å²) in [4.78, 5) is 0. The summed E-state index contributed by atoms with van der Waals surface area (Å²) < 4.78 is 0. The zero-order valence-electron chi connectivity index (χ0n) is 9.07. The van der Waals surface area contributed by atoms with Gasteiger partial charge in [-0.25, -0.2) is 0 Å². The Bertz CT molecular complexity index is 492. The van der Waals surface area contributed by atoms with Gasteiger partial charge < -0.3 is 5.11 Å². The SMILES string of the molecule is CCc1cc(Cl)cc(-c2ccccc2)c1O. The van der Waals surface area contributed by atoms with Crippen LogP contribution in [0.5, 0.6) is 5.75 Å². The van der Waals surface area contributed by atoms with Crippen LogP contribution in [0, 0.1) is 0 Å². The lowest BCUT2D eigenvalue weighted by Gasteiger charge is -2.09. The monoisotopic (exact) mass is 232 g/mol. The number of hydrogen-bond donors (Lipinski definition) is 1. The third-order valence-electron chi connectivity index (χ3n) is 2.62. The van der Waals surface area contributed by atoms with Crippen molar-refractivity contribution in [1.82, 2.24) is 0 Å². The van der Waals surface area contributed by atoms with Gasteiger partial charge in [0.15, 0.2) is 0 Å². The van der Waals surface area contributed by atoms with Crippen LogP contribution in [0.4, 0.5) is 0 Å². The van der Waals surface area contributed by atoms with Crippen molar-refractivity contribution in [2.75, 3.05) is 0 Å². The molecule has 0 aliphatic rings. The number of benzene rings is 2. The van der Waals surface area contributed by atoms with Gasteiger partial charge in [0.1, 0.15) is 5.75 Å². The summed E-state index contributed by atoms with van der Waals surface area (Å²) in [5, 5.41) is 10.8. The first-order valence-electron chi connectivity index (χ1n) is 5.29. The lowest BCUT2D eigenvalue weighted by Crippen LogP contribution is -1.86. The molecule has 16 heavy (non-hydrogen) atoms. The van der Waals surface area contributed by atoms with Gasteiger partial charge in [-0.05, 0) is 29.7 Å². The van der Waals surface area contributed by atoms with E-state index in [1.165, 1.54) is 0 Å². The molecule has 0 radical (unpaired) electrons. The third kappa shape index (κ3) is 2.05. The number of rotatable bonds is 2. The van der Waals surface area contributed by atoms with Crippen molar-refractivity contribution in [3.63, 3.8) is 0 Å². The van der Waals surface area contributed by atoms with E-state index >= 15 is 0 Å². The van der Waals surface area contributed by atoms with Gasteiger partial charge in [0.2, 0.25) is 0 Å². The van der Waals surface area contributed by atoms with Crippen LogP contribution in [0.3, 0.4) is 0 Å². The van der Waals surface area contributed by atoms with Crippen LogP contribution in [0.1, 0.15) is 12.5 Å². The summed E-state index contributed by atoms with van der Waals surface area (Å²) >= 11 is 6.04. The molecule has 2 aromatic rings. The first-order valence-corrected chi connectivity index (χ1v) is 5.67. The van der Waals surface area contributed by atoms with E-state index in [2.05, 4.69) is 0 Å². The maximum atomic E-state index is 10.1. The molecule has 0 amide bonds. The molecule has 0 saturated heterocycles. The van der Waals surface area contributed by atoms with Crippen molar-refractivity contribution in [2.45, 2.75) is 13.3 Å². The Morgan fingerprint density at radius 2 is 1.81 bits per heavy atom. The highest BCUT2D eigenvalue weighted by Crippen LogP contribution is 2.35. The molecule has 82 valence electrons. The van der Waals surface area contributed by atoms with E-state index in [9.17, 15) is 5.11 Å². The molecule has 1 N–H and O–H groups in total. The Labute approximate surface area is 100 Å². The Kier molecular flexibility index (Phi) is 3.16. The molecule has 0 spiro atoms. The highest BCUT2D eigenvalue weighted by Gasteiger charge is 2.09. The van der Waals surface area contributed by atoms with Crippen LogP contribution in [0.15, 0.2) is 42.5 Å². The molecule has 0 fully saturated rings. The molecule has 2 rings (SSSR count). The lowest BCUT2D eigenvalue weighted by molar-refractivity contribution is 0.471. The second kappa shape index (κ2) is 4.58. The van der Waals surface area contributed by atoms with Gasteiger partial charge in [0, 0.05) is 10.6 Å². The van der Waals surface area contributed by atoms with E-state index in [0.29, 0.717) is 10.8 Å². The number of phenols is 1. The van der Waals surface area contributed by atoms with Crippen molar-refractivity contribution in [3.05, 3.63) is 53.1 Å². The summed E-state index contributed by atoms with van der Waals surface area (Å²) in [6.07, 6.45) is 0.770. The first-order chi connectivity index (χ1) is 7.72. The molecule has 0 atom stereocenters. The molecule has 0 aromatic heterocycles. The number of aromatic hydroxyl groups is 1. The Hall–Kier alpha value is -1.47. The predicted molar refractivity (Wildman–Crippen MR) is 67.9 cm³/mol. The molecule has 2 aromatic carbocycles. The Morgan fingerprint density at radius 3 is 2.44 bits per heavy atom. The second-order valence-electron chi connectivity index (χ2n) is 3.68. The van der Waals surface area contributed by atoms with E-state index in [1.807, 2.05) is 43.3 Å². The minimum Gasteiger partial charge on any atom is -0.507 e. The van der Waals surface area contributed by atoms with Crippen molar-refractivity contribution in [3.8, 4) is 16.9 Å². The molecule has 2 heteroatoms. The summed E-state index contributed by atoms with van der Waals surface area (Å²) in [6.45, 7) is 2.00. The van der Waals surface area contributed by atoms with Crippen LogP contribution < -0.4 is 0 Å². The molecule has 0 aliphatic heterocycles. The van der Waals surface area contributed by atoms with Crippen molar-refractivity contribution < 1.29 is 5.11 Å². The van der Waals surface area contributed by atoms with E-state index in [-0.39, 0.29) is 0 Å². The van der Waals surface area contributed by atoms with Crippen LogP contribution in [-0.4, -0.2) is 5.11 Å². The molecule has 0 saturated carbocycles. The van der Waals surface area contributed by atoms with Gasteiger partial charge >= 0.3 is 0 Å². The van der Waals surface area contributed by atoms with Gasteiger partial charge in [-0.2, -0.15) is 0 Å². The minimum atomic E-state index is 0.332. The van der Waals surface area contributed by atoms with Gasteiger partial charge in [-0.15, -0.1) is 0 Å². The zero-order valence-corrected chi connectivity index (χ0v) is 9.83. The lowest BCUT2D eigenvalue weighted by atomic mass is 10.0. The summed E-state index contributed by atoms with van der Waals surface area (Å²) in [5.74, 6) is 0.332. The molecular formula is C14H13ClO. The van der Waals surface area contributed by atoms with Crippen molar-refractivity contribution in [1.29, 1.82) is 0 Å². The summed E-state index contributed by atoms with van der Waals surface area (Å²) in [5.41, 5.74) is 2.66. The van der Waals surface area contributed by atoms with Crippen LogP contribution in [0.25, 0.3) is 11.1 Å². The average molecular weight is 233 g/mol. The first kappa shape index (κ1) is 11.0. The largest absolute Gasteiger partial charge is 0.507 e. The topological polar surface area (TPSA) is 20.2 Å². The molecule has 1 nitrogen and oxygen atoms in total. The molecule has 0 unspecified atom stereocenters. The highest BCUT2D eigenvalue weighted by molar-refractivity contribution is 6.31. The maximum Gasteiger partial charge on any atom is 0.126 e. The summed E-state index contributed by atoms with van der Waals surface area (Å²) in [6, 6.07) is 13.4. The summed E-state index contributed by atoms with van der Waals surface area (Å²) in [7, 11) is 0. The van der Waals surface area contributed by atoms with Gasteiger partial charge in [0.05, 0.1) is 0 Å². The van der Waals surface area contributed by atoms with E-state index < -0.39 is 0 Å².